The zero-order valence-electron chi connectivity index (χ0n) is 11.9. The number of rotatable bonds is 5. The van der Waals surface area contributed by atoms with Crippen LogP contribution in [0, 0.1) is 13.8 Å². The van der Waals surface area contributed by atoms with Crippen LogP contribution in [0.5, 0.6) is 0 Å². The number of aromatic nitrogens is 2. The summed E-state index contributed by atoms with van der Waals surface area (Å²) < 4.78 is 0. The van der Waals surface area contributed by atoms with Gasteiger partial charge in [-0.3, -0.25) is 0 Å². The van der Waals surface area contributed by atoms with Gasteiger partial charge in [-0.25, -0.2) is 0 Å². The third-order valence-electron chi connectivity index (χ3n) is 3.29. The molecule has 2 rings (SSSR count). The van der Waals surface area contributed by atoms with Gasteiger partial charge in [-0.2, -0.15) is 5.10 Å². The molecular weight excluding hydrogens is 288 g/mol. The van der Waals surface area contributed by atoms with Crippen LogP contribution >= 0.6 is 23.6 Å². The van der Waals surface area contributed by atoms with Gasteiger partial charge in [0.15, 0.2) is 5.82 Å². The maximum Gasteiger partial charge on any atom is 0.162 e. The zero-order chi connectivity index (χ0) is 14.7. The van der Waals surface area contributed by atoms with E-state index in [9.17, 15) is 0 Å². The number of thiocarbonyl (C=S) groups is 1. The molecule has 0 aliphatic heterocycles. The van der Waals surface area contributed by atoms with Crippen molar-refractivity contribution in [3.8, 4) is 0 Å². The predicted molar refractivity (Wildman–Crippen MR) is 88.4 cm³/mol. The molecular formula is C14H18N4S2. The van der Waals surface area contributed by atoms with E-state index >= 15 is 0 Å². The summed E-state index contributed by atoms with van der Waals surface area (Å²) >= 11 is 6.93. The lowest BCUT2D eigenvalue weighted by atomic mass is 10.1. The smallest absolute Gasteiger partial charge is 0.162 e. The number of nitrogens with zero attached hydrogens (tertiary/aromatic N) is 3. The van der Waals surface area contributed by atoms with Crippen molar-refractivity contribution in [2.75, 3.05) is 11.4 Å². The largest absolute Gasteiger partial charge is 0.389 e. The molecule has 6 heteroatoms. The summed E-state index contributed by atoms with van der Waals surface area (Å²) in [7, 11) is 0. The Morgan fingerprint density at radius 1 is 1.40 bits per heavy atom. The molecule has 0 radical (unpaired) electrons. The second-order valence-electron chi connectivity index (χ2n) is 4.57. The highest BCUT2D eigenvalue weighted by Crippen LogP contribution is 2.24. The van der Waals surface area contributed by atoms with E-state index in [-0.39, 0.29) is 0 Å². The van der Waals surface area contributed by atoms with Crippen molar-refractivity contribution in [2.24, 2.45) is 5.73 Å². The Kier molecular flexibility index (Phi) is 4.67. The molecule has 0 spiro atoms. The average molecular weight is 306 g/mol. The van der Waals surface area contributed by atoms with Crippen molar-refractivity contribution < 1.29 is 0 Å². The zero-order valence-corrected chi connectivity index (χ0v) is 13.5. The second-order valence-corrected chi connectivity index (χ2v) is 6.04. The van der Waals surface area contributed by atoms with Crippen molar-refractivity contribution in [1.29, 1.82) is 0 Å². The predicted octanol–water partition coefficient (Wildman–Crippen LogP) is 2.82. The minimum atomic E-state index is 0.375. The van der Waals surface area contributed by atoms with Crippen molar-refractivity contribution in [2.45, 2.75) is 27.3 Å². The summed E-state index contributed by atoms with van der Waals surface area (Å²) in [4.78, 5) is 3.81. The first-order valence-electron chi connectivity index (χ1n) is 6.45. The van der Waals surface area contributed by atoms with Crippen LogP contribution in [-0.4, -0.2) is 21.7 Å². The Bertz CT molecular complexity index is 608. The molecule has 0 fully saturated rings. The molecule has 0 aliphatic rings. The van der Waals surface area contributed by atoms with Crippen LogP contribution in [0.25, 0.3) is 0 Å². The van der Waals surface area contributed by atoms with Crippen LogP contribution < -0.4 is 10.6 Å². The quantitative estimate of drug-likeness (QED) is 0.861. The maximum absolute atomic E-state index is 5.89. The summed E-state index contributed by atoms with van der Waals surface area (Å²) in [6, 6.07) is 4.16. The van der Waals surface area contributed by atoms with Crippen LogP contribution in [-0.2, 0) is 6.54 Å². The minimum Gasteiger partial charge on any atom is -0.389 e. The topological polar surface area (TPSA) is 55.0 Å². The average Bonchev–Trinajstić information content (AvgIpc) is 2.91. The lowest BCUT2D eigenvalue weighted by Crippen LogP contribution is -2.28. The monoisotopic (exact) mass is 306 g/mol. The molecule has 0 bridgehead atoms. The molecule has 0 aromatic carbocycles. The molecule has 2 aromatic rings. The Hall–Kier alpha value is -1.53. The standard InChI is InChI=1S/C14H18N4S2/c1-4-18(8-11-6-5-7-20-11)14-12(13(15)19)9(2)10(3)16-17-14/h5-7H,4,8H2,1-3H3,(H2,15,19). The highest BCUT2D eigenvalue weighted by Gasteiger charge is 2.18. The van der Waals surface area contributed by atoms with Gasteiger partial charge >= 0.3 is 0 Å². The number of hydrogen-bond donors (Lipinski definition) is 1. The maximum atomic E-state index is 5.89. The Morgan fingerprint density at radius 2 is 2.15 bits per heavy atom. The van der Waals surface area contributed by atoms with E-state index in [1.165, 1.54) is 4.88 Å². The van der Waals surface area contributed by atoms with Crippen LogP contribution in [0.3, 0.4) is 0 Å². The van der Waals surface area contributed by atoms with Gasteiger partial charge in [0.25, 0.3) is 0 Å². The summed E-state index contributed by atoms with van der Waals surface area (Å²) in [6.45, 7) is 7.61. The molecule has 0 saturated carbocycles. The third-order valence-corrected chi connectivity index (χ3v) is 4.36. The van der Waals surface area contributed by atoms with E-state index in [4.69, 9.17) is 18.0 Å². The van der Waals surface area contributed by atoms with Gasteiger partial charge in [-0.05, 0) is 37.8 Å². The second kappa shape index (κ2) is 6.28. The number of aryl methyl sites for hydroxylation is 1. The van der Waals surface area contributed by atoms with Gasteiger partial charge in [0.2, 0.25) is 0 Å². The van der Waals surface area contributed by atoms with Gasteiger partial charge in [-0.15, -0.1) is 16.4 Å². The molecule has 2 heterocycles. The highest BCUT2D eigenvalue weighted by atomic mass is 32.1. The van der Waals surface area contributed by atoms with E-state index < -0.39 is 0 Å². The van der Waals surface area contributed by atoms with Crippen molar-refractivity contribution in [1.82, 2.24) is 10.2 Å². The van der Waals surface area contributed by atoms with E-state index in [1.54, 1.807) is 11.3 Å². The Morgan fingerprint density at radius 3 is 2.70 bits per heavy atom. The van der Waals surface area contributed by atoms with E-state index in [2.05, 4.69) is 33.5 Å². The fourth-order valence-corrected chi connectivity index (χ4v) is 3.00. The van der Waals surface area contributed by atoms with Crippen LogP contribution in [0.2, 0.25) is 0 Å². The molecule has 20 heavy (non-hydrogen) atoms. The molecule has 0 unspecified atom stereocenters. The number of hydrogen-bond acceptors (Lipinski definition) is 5. The Labute approximate surface area is 128 Å². The summed E-state index contributed by atoms with van der Waals surface area (Å²) in [5, 5.41) is 10.6. The SMILES string of the molecule is CCN(Cc1cccs1)c1nnc(C)c(C)c1C(N)=S. The summed E-state index contributed by atoms with van der Waals surface area (Å²) in [5.74, 6) is 0.775. The third kappa shape index (κ3) is 2.96. The molecule has 0 aliphatic carbocycles. The highest BCUT2D eigenvalue weighted by molar-refractivity contribution is 7.80. The van der Waals surface area contributed by atoms with E-state index in [0.29, 0.717) is 4.99 Å². The number of thiophene rings is 1. The molecule has 2 aromatic heterocycles. The first kappa shape index (κ1) is 14.9. The molecule has 0 atom stereocenters. The lowest BCUT2D eigenvalue weighted by molar-refractivity contribution is 0.794. The lowest BCUT2D eigenvalue weighted by Gasteiger charge is -2.24. The number of nitrogens with two attached hydrogens (primary N) is 1. The Balaban J connectivity index is 2.44. The van der Waals surface area contributed by atoms with Gasteiger partial charge in [-0.1, -0.05) is 18.3 Å². The fraction of sp³-hybridized carbons (Fsp3) is 0.357. The first-order chi connectivity index (χ1) is 9.54. The van der Waals surface area contributed by atoms with Crippen molar-refractivity contribution in [3.05, 3.63) is 39.2 Å². The van der Waals surface area contributed by atoms with Crippen molar-refractivity contribution in [3.63, 3.8) is 0 Å². The van der Waals surface area contributed by atoms with Gasteiger partial charge < -0.3 is 10.6 Å². The summed E-state index contributed by atoms with van der Waals surface area (Å²) in [6.07, 6.45) is 0. The molecule has 4 nitrogen and oxygen atoms in total. The van der Waals surface area contributed by atoms with Crippen LogP contribution in [0.4, 0.5) is 5.82 Å². The van der Waals surface area contributed by atoms with Gasteiger partial charge in [0.1, 0.15) is 4.99 Å². The van der Waals surface area contributed by atoms with Crippen molar-refractivity contribution >= 4 is 34.4 Å². The number of anilines is 1. The fourth-order valence-electron chi connectivity index (χ4n) is 2.04. The molecule has 2 N–H and O–H groups in total. The van der Waals surface area contributed by atoms with E-state index in [0.717, 1.165) is 35.7 Å². The van der Waals surface area contributed by atoms with Crippen LogP contribution in [0.15, 0.2) is 17.5 Å². The minimum absolute atomic E-state index is 0.375. The van der Waals surface area contributed by atoms with Crippen LogP contribution in [0.1, 0.15) is 28.6 Å². The molecule has 106 valence electrons. The molecule has 0 saturated heterocycles. The van der Waals surface area contributed by atoms with Gasteiger partial charge in [0.05, 0.1) is 17.8 Å². The van der Waals surface area contributed by atoms with E-state index in [1.807, 2.05) is 19.9 Å². The van der Waals surface area contributed by atoms with Gasteiger partial charge in [0, 0.05) is 11.4 Å². The normalized spacial score (nSPS) is 10.6. The summed E-state index contributed by atoms with van der Waals surface area (Å²) in [5.41, 5.74) is 8.60. The first-order valence-corrected chi connectivity index (χ1v) is 7.74. The molecule has 0 amide bonds.